The molecule has 2 N–H and O–H groups in total. The van der Waals surface area contributed by atoms with E-state index in [1.165, 1.54) is 56.3 Å². The van der Waals surface area contributed by atoms with Gasteiger partial charge in [0.2, 0.25) is 0 Å². The second kappa shape index (κ2) is 6.79. The van der Waals surface area contributed by atoms with Crippen molar-refractivity contribution in [2.24, 2.45) is 5.73 Å². The van der Waals surface area contributed by atoms with E-state index in [4.69, 9.17) is 5.73 Å². The standard InChI is InChI=1S/C16H26N2/c1-2-3-4-7-12-18-15(13-17)11-10-14-8-5-6-9-16(14)18/h5-6,8-9,15H,2-4,7,10-13,17H2,1H3. The number of nitrogens with two attached hydrogens (primary N) is 1. The highest BCUT2D eigenvalue weighted by molar-refractivity contribution is 5.56. The van der Waals surface area contributed by atoms with Gasteiger partial charge in [0.25, 0.3) is 0 Å². The minimum Gasteiger partial charge on any atom is -0.367 e. The summed E-state index contributed by atoms with van der Waals surface area (Å²) in [5.74, 6) is 0. The van der Waals surface area contributed by atoms with Gasteiger partial charge in [-0.2, -0.15) is 0 Å². The molecule has 1 aliphatic heterocycles. The fourth-order valence-electron chi connectivity index (χ4n) is 2.93. The third-order valence-corrected chi connectivity index (χ3v) is 4.01. The quantitative estimate of drug-likeness (QED) is 0.780. The predicted molar refractivity (Wildman–Crippen MR) is 79.1 cm³/mol. The van der Waals surface area contributed by atoms with Gasteiger partial charge in [-0.1, -0.05) is 44.4 Å². The number of hydrogen-bond donors (Lipinski definition) is 1. The lowest BCUT2D eigenvalue weighted by Crippen LogP contribution is -2.44. The zero-order chi connectivity index (χ0) is 12.8. The summed E-state index contributed by atoms with van der Waals surface area (Å²) in [4.78, 5) is 2.55. The second-order valence-electron chi connectivity index (χ2n) is 5.31. The highest BCUT2D eigenvalue weighted by Gasteiger charge is 2.24. The molecular weight excluding hydrogens is 220 g/mol. The molecule has 2 rings (SSSR count). The first kappa shape index (κ1) is 13.4. The average molecular weight is 246 g/mol. The SMILES string of the molecule is CCCCCCN1c2ccccc2CCC1CN. The van der Waals surface area contributed by atoms with Crippen LogP contribution in [0.3, 0.4) is 0 Å². The van der Waals surface area contributed by atoms with Crippen LogP contribution in [0.4, 0.5) is 5.69 Å². The molecule has 0 radical (unpaired) electrons. The molecule has 0 saturated carbocycles. The van der Waals surface area contributed by atoms with Crippen molar-refractivity contribution in [2.75, 3.05) is 18.0 Å². The molecular formula is C16H26N2. The van der Waals surface area contributed by atoms with Crippen LogP contribution < -0.4 is 10.6 Å². The van der Waals surface area contributed by atoms with Crippen LogP contribution in [0.2, 0.25) is 0 Å². The van der Waals surface area contributed by atoms with E-state index in [0.29, 0.717) is 6.04 Å². The van der Waals surface area contributed by atoms with Crippen molar-refractivity contribution in [3.8, 4) is 0 Å². The smallest absolute Gasteiger partial charge is 0.0415 e. The van der Waals surface area contributed by atoms with E-state index in [-0.39, 0.29) is 0 Å². The third-order valence-electron chi connectivity index (χ3n) is 4.01. The summed E-state index contributed by atoms with van der Waals surface area (Å²) in [6.07, 6.45) is 7.68. The van der Waals surface area contributed by atoms with Gasteiger partial charge in [-0.25, -0.2) is 0 Å². The number of aryl methyl sites for hydroxylation is 1. The van der Waals surface area contributed by atoms with Crippen LogP contribution in [0.5, 0.6) is 0 Å². The molecule has 1 aromatic rings. The number of benzene rings is 1. The number of hydrogen-bond acceptors (Lipinski definition) is 2. The predicted octanol–water partition coefficient (Wildman–Crippen LogP) is 3.35. The van der Waals surface area contributed by atoms with Gasteiger partial charge < -0.3 is 10.6 Å². The molecule has 1 unspecified atom stereocenters. The summed E-state index contributed by atoms with van der Waals surface area (Å²) < 4.78 is 0. The van der Waals surface area contributed by atoms with E-state index in [0.717, 1.165) is 6.54 Å². The van der Waals surface area contributed by atoms with Crippen molar-refractivity contribution in [2.45, 2.75) is 51.5 Å². The van der Waals surface area contributed by atoms with Gasteiger partial charge in [-0.3, -0.25) is 0 Å². The van der Waals surface area contributed by atoms with Crippen LogP contribution in [0.15, 0.2) is 24.3 Å². The molecule has 18 heavy (non-hydrogen) atoms. The summed E-state index contributed by atoms with van der Waals surface area (Å²) >= 11 is 0. The Morgan fingerprint density at radius 2 is 2.06 bits per heavy atom. The molecule has 0 spiro atoms. The molecule has 2 nitrogen and oxygen atoms in total. The van der Waals surface area contributed by atoms with E-state index in [9.17, 15) is 0 Å². The topological polar surface area (TPSA) is 29.3 Å². The first-order valence-corrected chi connectivity index (χ1v) is 7.41. The molecule has 1 heterocycles. The van der Waals surface area contributed by atoms with Gasteiger partial charge >= 0.3 is 0 Å². The number of fused-ring (bicyclic) bond motifs is 1. The molecule has 0 fully saturated rings. The fraction of sp³-hybridized carbons (Fsp3) is 0.625. The molecule has 0 aliphatic carbocycles. The Hall–Kier alpha value is -1.02. The normalized spacial score (nSPS) is 18.8. The van der Waals surface area contributed by atoms with Gasteiger partial charge in [0.15, 0.2) is 0 Å². The Bertz CT molecular complexity index is 362. The zero-order valence-electron chi connectivity index (χ0n) is 11.6. The molecule has 0 amide bonds. The Labute approximate surface area is 111 Å². The molecule has 0 saturated heterocycles. The molecule has 0 aromatic heterocycles. The zero-order valence-corrected chi connectivity index (χ0v) is 11.6. The first-order valence-electron chi connectivity index (χ1n) is 7.41. The molecule has 0 bridgehead atoms. The van der Waals surface area contributed by atoms with Crippen LogP contribution in [-0.4, -0.2) is 19.1 Å². The molecule has 100 valence electrons. The van der Waals surface area contributed by atoms with Gasteiger partial charge in [-0.15, -0.1) is 0 Å². The number of anilines is 1. The van der Waals surface area contributed by atoms with E-state index in [2.05, 4.69) is 36.1 Å². The summed E-state index contributed by atoms with van der Waals surface area (Å²) in [6.45, 7) is 4.21. The number of nitrogens with zero attached hydrogens (tertiary/aromatic N) is 1. The average Bonchev–Trinajstić information content (AvgIpc) is 2.43. The van der Waals surface area contributed by atoms with Crippen LogP contribution in [-0.2, 0) is 6.42 Å². The lowest BCUT2D eigenvalue weighted by atomic mass is 9.95. The fourth-order valence-corrected chi connectivity index (χ4v) is 2.93. The van der Waals surface area contributed by atoms with Crippen molar-refractivity contribution in [3.63, 3.8) is 0 Å². The lowest BCUT2D eigenvalue weighted by Gasteiger charge is -2.38. The number of unbranched alkanes of at least 4 members (excludes halogenated alkanes) is 3. The van der Waals surface area contributed by atoms with Crippen molar-refractivity contribution in [1.82, 2.24) is 0 Å². The van der Waals surface area contributed by atoms with Crippen LogP contribution in [0.25, 0.3) is 0 Å². The largest absolute Gasteiger partial charge is 0.367 e. The van der Waals surface area contributed by atoms with Crippen molar-refractivity contribution < 1.29 is 0 Å². The van der Waals surface area contributed by atoms with Crippen molar-refractivity contribution in [1.29, 1.82) is 0 Å². The van der Waals surface area contributed by atoms with Crippen molar-refractivity contribution >= 4 is 5.69 Å². The summed E-state index contributed by atoms with van der Waals surface area (Å²) in [5, 5.41) is 0. The summed E-state index contributed by atoms with van der Waals surface area (Å²) in [7, 11) is 0. The van der Waals surface area contributed by atoms with Crippen LogP contribution in [0, 0.1) is 0 Å². The van der Waals surface area contributed by atoms with Gasteiger partial charge in [0.1, 0.15) is 0 Å². The maximum absolute atomic E-state index is 5.94. The van der Waals surface area contributed by atoms with Crippen LogP contribution in [0.1, 0.15) is 44.6 Å². The Balaban J connectivity index is 2.04. The van der Waals surface area contributed by atoms with E-state index >= 15 is 0 Å². The second-order valence-corrected chi connectivity index (χ2v) is 5.31. The maximum Gasteiger partial charge on any atom is 0.0415 e. The molecule has 1 aliphatic rings. The minimum absolute atomic E-state index is 0.543. The van der Waals surface area contributed by atoms with Gasteiger partial charge in [-0.05, 0) is 30.9 Å². The van der Waals surface area contributed by atoms with E-state index in [1.807, 2.05) is 0 Å². The van der Waals surface area contributed by atoms with Gasteiger partial charge in [0.05, 0.1) is 0 Å². The number of rotatable bonds is 6. The van der Waals surface area contributed by atoms with Gasteiger partial charge in [0, 0.05) is 24.8 Å². The maximum atomic E-state index is 5.94. The van der Waals surface area contributed by atoms with Crippen LogP contribution >= 0.6 is 0 Å². The Kier molecular flexibility index (Phi) is 5.06. The first-order chi connectivity index (χ1) is 8.86. The van der Waals surface area contributed by atoms with E-state index < -0.39 is 0 Å². The molecule has 2 heteroatoms. The molecule has 1 atom stereocenters. The monoisotopic (exact) mass is 246 g/mol. The van der Waals surface area contributed by atoms with Crippen molar-refractivity contribution in [3.05, 3.63) is 29.8 Å². The minimum atomic E-state index is 0.543. The summed E-state index contributed by atoms with van der Waals surface area (Å²) in [5.41, 5.74) is 8.86. The summed E-state index contributed by atoms with van der Waals surface area (Å²) in [6, 6.07) is 9.37. The third kappa shape index (κ3) is 3.05. The lowest BCUT2D eigenvalue weighted by molar-refractivity contribution is 0.516. The highest BCUT2D eigenvalue weighted by Crippen LogP contribution is 2.30. The van der Waals surface area contributed by atoms with E-state index in [1.54, 1.807) is 0 Å². The Morgan fingerprint density at radius 3 is 2.83 bits per heavy atom. The molecule has 1 aromatic carbocycles. The highest BCUT2D eigenvalue weighted by atomic mass is 15.2. The number of para-hydroxylation sites is 1. The Morgan fingerprint density at radius 1 is 1.22 bits per heavy atom.